The zero-order valence-electron chi connectivity index (χ0n) is 11.7. The fourth-order valence-corrected chi connectivity index (χ4v) is 2.14. The first-order chi connectivity index (χ1) is 9.31. The van der Waals surface area contributed by atoms with Crippen LogP contribution in [-0.2, 0) is 0 Å². The molecule has 0 aliphatic heterocycles. The molecule has 19 heavy (non-hydrogen) atoms. The van der Waals surface area contributed by atoms with Crippen LogP contribution in [0.4, 0.5) is 0 Å². The van der Waals surface area contributed by atoms with Gasteiger partial charge < -0.3 is 0 Å². The van der Waals surface area contributed by atoms with E-state index in [1.165, 1.54) is 31.3 Å². The van der Waals surface area contributed by atoms with E-state index < -0.39 is 0 Å². The minimum atomic E-state index is 1.07. The molecule has 0 saturated carbocycles. The molecule has 2 heteroatoms. The van der Waals surface area contributed by atoms with Crippen LogP contribution in [0.1, 0.15) is 44.6 Å². The summed E-state index contributed by atoms with van der Waals surface area (Å²) in [4.78, 5) is 0. The Hall–Kier alpha value is -1.83. The van der Waals surface area contributed by atoms with Crippen LogP contribution in [0.15, 0.2) is 49.3 Å². The first kappa shape index (κ1) is 13.6. The number of aromatic nitrogens is 2. The summed E-state index contributed by atoms with van der Waals surface area (Å²) >= 11 is 0. The lowest BCUT2D eigenvalue weighted by molar-refractivity contribution is 0.679. The number of hydrogen-bond acceptors (Lipinski definition) is 1. The van der Waals surface area contributed by atoms with E-state index in [9.17, 15) is 0 Å². The maximum Gasteiger partial charge on any atom is 0.0645 e. The van der Waals surface area contributed by atoms with Crippen molar-refractivity contribution in [2.45, 2.75) is 39.0 Å². The Labute approximate surface area is 115 Å². The molecule has 0 bridgehead atoms. The van der Waals surface area contributed by atoms with E-state index in [1.807, 2.05) is 29.1 Å². The Kier molecular flexibility index (Phi) is 4.96. The number of hydrogen-bond donors (Lipinski definition) is 0. The van der Waals surface area contributed by atoms with Gasteiger partial charge in [0.15, 0.2) is 0 Å². The Morgan fingerprint density at radius 2 is 1.95 bits per heavy atom. The summed E-state index contributed by atoms with van der Waals surface area (Å²) < 4.78 is 1.91. The van der Waals surface area contributed by atoms with E-state index in [1.54, 1.807) is 0 Å². The highest BCUT2D eigenvalue weighted by molar-refractivity contribution is 5.62. The van der Waals surface area contributed by atoms with Crippen molar-refractivity contribution in [1.82, 2.24) is 9.78 Å². The molecule has 0 N–H and O–H groups in total. The molecule has 0 fully saturated rings. The van der Waals surface area contributed by atoms with Crippen molar-refractivity contribution in [3.05, 3.63) is 54.9 Å². The first-order valence-corrected chi connectivity index (χ1v) is 7.09. The van der Waals surface area contributed by atoms with Crippen molar-refractivity contribution in [3.8, 4) is 5.69 Å². The maximum atomic E-state index is 4.41. The number of para-hydroxylation sites is 1. The van der Waals surface area contributed by atoms with E-state index in [2.05, 4.69) is 36.9 Å². The molecule has 0 radical (unpaired) electrons. The average molecular weight is 254 g/mol. The minimum absolute atomic E-state index is 1.07. The third-order valence-electron chi connectivity index (χ3n) is 3.34. The lowest BCUT2D eigenvalue weighted by Gasteiger charge is -2.02. The number of rotatable bonds is 7. The number of unbranched alkanes of at least 4 members (excludes halogenated alkanes) is 3. The molecule has 0 unspecified atom stereocenters. The average Bonchev–Trinajstić information content (AvgIpc) is 2.94. The van der Waals surface area contributed by atoms with Gasteiger partial charge in [0, 0.05) is 11.8 Å². The topological polar surface area (TPSA) is 17.8 Å². The molecule has 0 atom stereocenters. The summed E-state index contributed by atoms with van der Waals surface area (Å²) in [5.41, 5.74) is 3.44. The van der Waals surface area contributed by atoms with Crippen LogP contribution in [0.25, 0.3) is 11.3 Å². The molecule has 0 aliphatic rings. The van der Waals surface area contributed by atoms with Crippen LogP contribution in [-0.4, -0.2) is 9.78 Å². The van der Waals surface area contributed by atoms with Crippen molar-refractivity contribution in [1.29, 1.82) is 0 Å². The van der Waals surface area contributed by atoms with Gasteiger partial charge in [-0.3, -0.25) is 0 Å². The third-order valence-corrected chi connectivity index (χ3v) is 3.34. The largest absolute Gasteiger partial charge is 0.240 e. The molecule has 100 valence electrons. The second-order valence-electron chi connectivity index (χ2n) is 4.92. The predicted octanol–water partition coefficient (Wildman–Crippen LogP) is 4.86. The highest BCUT2D eigenvalue weighted by atomic mass is 15.3. The molecule has 2 rings (SSSR count). The molecule has 0 aliphatic carbocycles. The van der Waals surface area contributed by atoms with Gasteiger partial charge in [0.2, 0.25) is 0 Å². The molecule has 1 aromatic carbocycles. The van der Waals surface area contributed by atoms with Gasteiger partial charge in [-0.15, -0.1) is 0 Å². The zero-order valence-corrected chi connectivity index (χ0v) is 11.7. The summed E-state index contributed by atoms with van der Waals surface area (Å²) in [5, 5.41) is 4.41. The fraction of sp³-hybridized carbons (Fsp3) is 0.353. The first-order valence-electron chi connectivity index (χ1n) is 7.09. The molecule has 2 nitrogen and oxygen atoms in total. The van der Waals surface area contributed by atoms with Crippen molar-refractivity contribution >= 4 is 5.57 Å². The Balaban J connectivity index is 1.95. The van der Waals surface area contributed by atoms with Crippen LogP contribution < -0.4 is 0 Å². The van der Waals surface area contributed by atoms with Crippen molar-refractivity contribution in [2.24, 2.45) is 0 Å². The monoisotopic (exact) mass is 254 g/mol. The lowest BCUT2D eigenvalue weighted by atomic mass is 10.0. The summed E-state index contributed by atoms with van der Waals surface area (Å²) in [7, 11) is 0. The van der Waals surface area contributed by atoms with E-state index in [4.69, 9.17) is 0 Å². The quantitative estimate of drug-likeness (QED) is 0.645. The third kappa shape index (κ3) is 3.82. The summed E-state index contributed by atoms with van der Waals surface area (Å²) in [5.74, 6) is 0. The molecular weight excluding hydrogens is 232 g/mol. The van der Waals surface area contributed by atoms with Crippen molar-refractivity contribution in [3.63, 3.8) is 0 Å². The van der Waals surface area contributed by atoms with Gasteiger partial charge in [0.05, 0.1) is 11.9 Å². The SMILES string of the molecule is C=C(CCCCCC)c1cnn(-c2ccccc2)c1. The Bertz CT molecular complexity index is 511. The Morgan fingerprint density at radius 1 is 1.16 bits per heavy atom. The molecule has 2 aromatic rings. The standard InChI is InChI=1S/C17H22N2/c1-3-4-5-7-10-15(2)16-13-18-19(14-16)17-11-8-6-9-12-17/h6,8-9,11-14H,2-5,7,10H2,1H3. The molecule has 0 saturated heterocycles. The second kappa shape index (κ2) is 6.93. The van der Waals surface area contributed by atoms with Crippen molar-refractivity contribution < 1.29 is 0 Å². The Morgan fingerprint density at radius 3 is 2.68 bits per heavy atom. The van der Waals surface area contributed by atoms with Gasteiger partial charge in [-0.1, -0.05) is 51.0 Å². The smallest absolute Gasteiger partial charge is 0.0645 e. The maximum absolute atomic E-state index is 4.41. The molecule has 1 heterocycles. The van der Waals surface area contributed by atoms with Crippen molar-refractivity contribution in [2.75, 3.05) is 0 Å². The van der Waals surface area contributed by atoms with E-state index in [0.29, 0.717) is 0 Å². The van der Waals surface area contributed by atoms with Crippen LogP contribution in [0.2, 0.25) is 0 Å². The van der Waals surface area contributed by atoms with Gasteiger partial charge in [-0.05, 0) is 30.5 Å². The van der Waals surface area contributed by atoms with Gasteiger partial charge in [0.1, 0.15) is 0 Å². The highest BCUT2D eigenvalue weighted by Gasteiger charge is 2.04. The number of nitrogens with zero attached hydrogens (tertiary/aromatic N) is 2. The van der Waals surface area contributed by atoms with Crippen LogP contribution in [0.5, 0.6) is 0 Å². The van der Waals surface area contributed by atoms with E-state index in [-0.39, 0.29) is 0 Å². The van der Waals surface area contributed by atoms with Gasteiger partial charge in [-0.25, -0.2) is 4.68 Å². The predicted molar refractivity (Wildman–Crippen MR) is 81.4 cm³/mol. The van der Waals surface area contributed by atoms with Crippen LogP contribution >= 0.6 is 0 Å². The second-order valence-corrected chi connectivity index (χ2v) is 4.92. The number of benzene rings is 1. The summed E-state index contributed by atoms with van der Waals surface area (Å²) in [6, 6.07) is 10.2. The van der Waals surface area contributed by atoms with Crippen LogP contribution in [0.3, 0.4) is 0 Å². The van der Waals surface area contributed by atoms with E-state index >= 15 is 0 Å². The highest BCUT2D eigenvalue weighted by Crippen LogP contribution is 2.20. The van der Waals surface area contributed by atoms with E-state index in [0.717, 1.165) is 17.7 Å². The number of allylic oxidation sites excluding steroid dienone is 1. The minimum Gasteiger partial charge on any atom is -0.240 e. The fourth-order valence-electron chi connectivity index (χ4n) is 2.14. The van der Waals surface area contributed by atoms with Gasteiger partial charge >= 0.3 is 0 Å². The molecule has 0 amide bonds. The summed E-state index contributed by atoms with van der Waals surface area (Å²) in [6.45, 7) is 6.41. The lowest BCUT2D eigenvalue weighted by Crippen LogP contribution is -1.92. The van der Waals surface area contributed by atoms with Gasteiger partial charge in [-0.2, -0.15) is 5.10 Å². The zero-order chi connectivity index (χ0) is 13.5. The normalized spacial score (nSPS) is 10.6. The molecular formula is C17H22N2. The van der Waals surface area contributed by atoms with Crippen LogP contribution in [0, 0.1) is 0 Å². The molecule has 1 aromatic heterocycles. The summed E-state index contributed by atoms with van der Waals surface area (Å²) in [6.07, 6.45) is 10.2. The molecule has 0 spiro atoms. The van der Waals surface area contributed by atoms with Gasteiger partial charge in [0.25, 0.3) is 0 Å².